The number of rotatable bonds is 5. The van der Waals surface area contributed by atoms with Gasteiger partial charge in [0.05, 0.1) is 0 Å². The highest BCUT2D eigenvalue weighted by molar-refractivity contribution is 5.38. The molecule has 3 heteroatoms. The van der Waals surface area contributed by atoms with E-state index in [2.05, 4.69) is 29.1 Å². The molecule has 0 bridgehead atoms. The molecule has 106 valence electrons. The fourth-order valence-electron chi connectivity index (χ4n) is 2.99. The molecule has 1 aromatic rings. The van der Waals surface area contributed by atoms with E-state index in [0.717, 1.165) is 24.7 Å². The van der Waals surface area contributed by atoms with Crippen molar-refractivity contribution in [2.75, 3.05) is 18.5 Å². The number of nitrogens with two attached hydrogens (primary N) is 1. The van der Waals surface area contributed by atoms with Gasteiger partial charge in [0.2, 0.25) is 0 Å². The second-order valence-corrected chi connectivity index (χ2v) is 6.09. The number of anilines is 1. The van der Waals surface area contributed by atoms with Crippen LogP contribution in [-0.4, -0.2) is 24.6 Å². The smallest absolute Gasteiger partial charge is 0.128 e. The predicted octanol–water partition coefficient (Wildman–Crippen LogP) is 2.99. The van der Waals surface area contributed by atoms with Crippen molar-refractivity contribution in [3.8, 4) is 0 Å². The summed E-state index contributed by atoms with van der Waals surface area (Å²) in [5.41, 5.74) is 7.03. The molecule has 1 unspecified atom stereocenters. The third kappa shape index (κ3) is 4.50. The molecule has 19 heavy (non-hydrogen) atoms. The molecular weight excluding hydrogens is 234 g/mol. The van der Waals surface area contributed by atoms with E-state index in [9.17, 15) is 0 Å². The molecule has 1 saturated carbocycles. The summed E-state index contributed by atoms with van der Waals surface area (Å²) in [5.74, 6) is 1.93. The van der Waals surface area contributed by atoms with E-state index in [0.29, 0.717) is 0 Å². The Morgan fingerprint density at radius 3 is 2.63 bits per heavy atom. The first-order valence-corrected chi connectivity index (χ1v) is 7.57. The van der Waals surface area contributed by atoms with Gasteiger partial charge in [0.15, 0.2) is 0 Å². The van der Waals surface area contributed by atoms with Crippen molar-refractivity contribution in [1.82, 2.24) is 4.98 Å². The molecule has 0 radical (unpaired) electrons. The minimum absolute atomic E-state index is 0.201. The summed E-state index contributed by atoms with van der Waals surface area (Å²) in [7, 11) is 2.15. The average molecular weight is 261 g/mol. The zero-order valence-electron chi connectivity index (χ0n) is 12.3. The van der Waals surface area contributed by atoms with Crippen LogP contribution in [0.25, 0.3) is 0 Å². The van der Waals surface area contributed by atoms with Crippen molar-refractivity contribution >= 4 is 5.82 Å². The van der Waals surface area contributed by atoms with Crippen LogP contribution in [0.4, 0.5) is 5.82 Å². The summed E-state index contributed by atoms with van der Waals surface area (Å²) < 4.78 is 0. The number of hydrogen-bond donors (Lipinski definition) is 1. The van der Waals surface area contributed by atoms with Crippen LogP contribution in [0.3, 0.4) is 0 Å². The number of nitrogens with zero attached hydrogens (tertiary/aromatic N) is 2. The molecule has 2 N–H and O–H groups in total. The van der Waals surface area contributed by atoms with Gasteiger partial charge in [-0.3, -0.25) is 0 Å². The number of pyridine rings is 1. The SMILES string of the molecule is CC(N)Cc1ccc(N(C)CC2CCCCC2)nc1. The Kier molecular flexibility index (Phi) is 5.20. The molecule has 1 aromatic heterocycles. The highest BCUT2D eigenvalue weighted by Gasteiger charge is 2.16. The van der Waals surface area contributed by atoms with E-state index < -0.39 is 0 Å². The van der Waals surface area contributed by atoms with E-state index in [1.165, 1.54) is 37.7 Å². The average Bonchev–Trinajstić information content (AvgIpc) is 2.40. The zero-order chi connectivity index (χ0) is 13.7. The third-order valence-corrected chi connectivity index (χ3v) is 4.01. The van der Waals surface area contributed by atoms with Crippen molar-refractivity contribution in [3.05, 3.63) is 23.9 Å². The molecular formula is C16H27N3. The first kappa shape index (κ1) is 14.3. The summed E-state index contributed by atoms with van der Waals surface area (Å²) in [6, 6.07) is 4.48. The summed E-state index contributed by atoms with van der Waals surface area (Å²) >= 11 is 0. The molecule has 1 atom stereocenters. The van der Waals surface area contributed by atoms with Gasteiger partial charge in [-0.15, -0.1) is 0 Å². The van der Waals surface area contributed by atoms with Crippen LogP contribution in [-0.2, 0) is 6.42 Å². The lowest BCUT2D eigenvalue weighted by molar-refractivity contribution is 0.361. The van der Waals surface area contributed by atoms with Gasteiger partial charge in [-0.2, -0.15) is 0 Å². The molecule has 0 aliphatic heterocycles. The monoisotopic (exact) mass is 261 g/mol. The molecule has 0 saturated heterocycles. The van der Waals surface area contributed by atoms with Crippen molar-refractivity contribution < 1.29 is 0 Å². The van der Waals surface area contributed by atoms with Gasteiger partial charge in [0.1, 0.15) is 5.82 Å². The lowest BCUT2D eigenvalue weighted by Crippen LogP contribution is -2.27. The molecule has 1 aliphatic rings. The largest absolute Gasteiger partial charge is 0.359 e. The van der Waals surface area contributed by atoms with Crippen molar-refractivity contribution in [2.45, 2.75) is 51.5 Å². The summed E-state index contributed by atoms with van der Waals surface area (Å²) in [6.45, 7) is 3.17. The van der Waals surface area contributed by atoms with Crippen LogP contribution in [0, 0.1) is 5.92 Å². The highest BCUT2D eigenvalue weighted by Crippen LogP contribution is 2.25. The maximum Gasteiger partial charge on any atom is 0.128 e. The Hall–Kier alpha value is -1.09. The summed E-state index contributed by atoms with van der Waals surface area (Å²) in [5, 5.41) is 0. The standard InChI is InChI=1S/C16H27N3/c1-13(17)10-15-8-9-16(18-11-15)19(2)12-14-6-4-3-5-7-14/h8-9,11,13-14H,3-7,10,12,17H2,1-2H3. The van der Waals surface area contributed by atoms with E-state index in [1.54, 1.807) is 0 Å². The number of aromatic nitrogens is 1. The molecule has 0 amide bonds. The second-order valence-electron chi connectivity index (χ2n) is 6.09. The van der Waals surface area contributed by atoms with Crippen LogP contribution in [0.15, 0.2) is 18.3 Å². The number of hydrogen-bond acceptors (Lipinski definition) is 3. The van der Waals surface area contributed by atoms with Crippen LogP contribution in [0.1, 0.15) is 44.6 Å². The summed E-state index contributed by atoms with van der Waals surface area (Å²) in [6.07, 6.45) is 9.86. The van der Waals surface area contributed by atoms with Crippen LogP contribution < -0.4 is 10.6 Å². The van der Waals surface area contributed by atoms with Crippen LogP contribution in [0.5, 0.6) is 0 Å². The molecule has 0 aromatic carbocycles. The minimum Gasteiger partial charge on any atom is -0.359 e. The van der Waals surface area contributed by atoms with Gasteiger partial charge in [-0.1, -0.05) is 25.3 Å². The van der Waals surface area contributed by atoms with E-state index in [4.69, 9.17) is 5.73 Å². The van der Waals surface area contributed by atoms with Gasteiger partial charge in [-0.25, -0.2) is 4.98 Å². The maximum absolute atomic E-state index is 5.81. The van der Waals surface area contributed by atoms with Crippen LogP contribution >= 0.6 is 0 Å². The lowest BCUT2D eigenvalue weighted by atomic mass is 9.89. The normalized spacial score (nSPS) is 18.3. The van der Waals surface area contributed by atoms with Crippen molar-refractivity contribution in [3.63, 3.8) is 0 Å². The van der Waals surface area contributed by atoms with E-state index >= 15 is 0 Å². The van der Waals surface area contributed by atoms with Gasteiger partial charge in [0, 0.05) is 25.8 Å². The first-order chi connectivity index (χ1) is 9.15. The maximum atomic E-state index is 5.81. The Balaban J connectivity index is 1.89. The predicted molar refractivity (Wildman–Crippen MR) is 81.4 cm³/mol. The van der Waals surface area contributed by atoms with E-state index in [-0.39, 0.29) is 6.04 Å². The van der Waals surface area contributed by atoms with Gasteiger partial charge in [0.25, 0.3) is 0 Å². The Labute approximate surface area is 117 Å². The van der Waals surface area contributed by atoms with E-state index in [1.807, 2.05) is 13.1 Å². The molecule has 1 fully saturated rings. The highest BCUT2D eigenvalue weighted by atomic mass is 15.2. The molecule has 2 rings (SSSR count). The van der Waals surface area contributed by atoms with Gasteiger partial charge >= 0.3 is 0 Å². The zero-order valence-corrected chi connectivity index (χ0v) is 12.3. The first-order valence-electron chi connectivity index (χ1n) is 7.57. The molecule has 0 spiro atoms. The molecule has 1 heterocycles. The van der Waals surface area contributed by atoms with Crippen molar-refractivity contribution in [1.29, 1.82) is 0 Å². The van der Waals surface area contributed by atoms with Crippen molar-refractivity contribution in [2.24, 2.45) is 11.7 Å². The third-order valence-electron chi connectivity index (χ3n) is 4.01. The second kappa shape index (κ2) is 6.90. The molecule has 1 aliphatic carbocycles. The molecule has 3 nitrogen and oxygen atoms in total. The Morgan fingerprint density at radius 1 is 1.32 bits per heavy atom. The summed E-state index contributed by atoms with van der Waals surface area (Å²) in [4.78, 5) is 6.86. The Bertz CT molecular complexity index is 366. The Morgan fingerprint density at radius 2 is 2.05 bits per heavy atom. The van der Waals surface area contributed by atoms with Gasteiger partial charge < -0.3 is 10.6 Å². The van der Waals surface area contributed by atoms with Gasteiger partial charge in [-0.05, 0) is 43.7 Å². The fraction of sp³-hybridized carbons (Fsp3) is 0.688. The topological polar surface area (TPSA) is 42.1 Å². The quantitative estimate of drug-likeness (QED) is 0.886. The minimum atomic E-state index is 0.201. The lowest BCUT2D eigenvalue weighted by Gasteiger charge is -2.27. The fourth-order valence-corrected chi connectivity index (χ4v) is 2.99. The van der Waals surface area contributed by atoms with Crippen LogP contribution in [0.2, 0.25) is 0 Å².